The van der Waals surface area contributed by atoms with E-state index >= 15 is 0 Å². The van der Waals surface area contributed by atoms with Crippen molar-refractivity contribution >= 4 is 21.7 Å². The Labute approximate surface area is 142 Å². The van der Waals surface area contributed by atoms with Crippen molar-refractivity contribution in [1.82, 2.24) is 5.32 Å². The van der Waals surface area contributed by atoms with Gasteiger partial charge in [-0.25, -0.2) is 13.2 Å². The quantitative estimate of drug-likeness (QED) is 0.814. The van der Waals surface area contributed by atoms with Crippen LogP contribution in [0.2, 0.25) is 0 Å². The third-order valence-corrected chi connectivity index (χ3v) is 6.65. The summed E-state index contributed by atoms with van der Waals surface area (Å²) in [6.07, 6.45) is 2.49. The Kier molecular flexibility index (Phi) is 5.32. The van der Waals surface area contributed by atoms with Crippen LogP contribution in [-0.4, -0.2) is 36.2 Å². The number of rotatable bonds is 6. The Balaban J connectivity index is 2.06. The molecule has 0 atom stereocenters. The number of benzene rings is 1. The van der Waals surface area contributed by atoms with Crippen LogP contribution < -0.4 is 5.32 Å². The van der Waals surface area contributed by atoms with Crippen molar-refractivity contribution in [3.05, 3.63) is 29.8 Å². The first-order valence-corrected chi connectivity index (χ1v) is 9.59. The molecule has 0 heterocycles. The maximum Gasteiger partial charge on any atom is 0.329 e. The zero-order chi connectivity index (χ0) is 18.0. The highest BCUT2D eigenvalue weighted by atomic mass is 32.2. The van der Waals surface area contributed by atoms with Gasteiger partial charge in [-0.1, -0.05) is 25.0 Å². The lowest BCUT2D eigenvalue weighted by Gasteiger charge is -2.25. The zero-order valence-electron chi connectivity index (χ0n) is 13.9. The molecule has 0 bridgehead atoms. The lowest BCUT2D eigenvalue weighted by molar-refractivity contribution is -0.147. The van der Waals surface area contributed by atoms with Crippen molar-refractivity contribution < 1.29 is 23.1 Å². The molecular weight excluding hydrogens is 330 g/mol. The van der Waals surface area contributed by atoms with Gasteiger partial charge in [0.15, 0.2) is 9.84 Å². The first-order chi connectivity index (χ1) is 11.2. The van der Waals surface area contributed by atoms with Crippen LogP contribution in [0.15, 0.2) is 29.2 Å². The molecule has 1 aliphatic carbocycles. The van der Waals surface area contributed by atoms with E-state index in [2.05, 4.69) is 5.32 Å². The van der Waals surface area contributed by atoms with E-state index in [-0.39, 0.29) is 17.2 Å². The van der Waals surface area contributed by atoms with Gasteiger partial charge in [0.05, 0.1) is 16.6 Å². The first-order valence-electron chi connectivity index (χ1n) is 8.05. The Morgan fingerprint density at radius 1 is 1.17 bits per heavy atom. The Bertz CT molecular complexity index is 716. The fraction of sp³-hybridized carbons (Fsp3) is 0.529. The van der Waals surface area contributed by atoms with Crippen LogP contribution in [0.5, 0.6) is 0 Å². The molecule has 2 rings (SSSR count). The summed E-state index contributed by atoms with van der Waals surface area (Å²) in [6, 6.07) is 6.16. The van der Waals surface area contributed by atoms with E-state index in [1.54, 1.807) is 26.0 Å². The number of carbonyl (C=O) groups excluding carboxylic acids is 1. The number of carbonyl (C=O) groups is 2. The summed E-state index contributed by atoms with van der Waals surface area (Å²) in [5, 5.41) is 11.5. The second-order valence-corrected chi connectivity index (χ2v) is 9.06. The van der Waals surface area contributed by atoms with Gasteiger partial charge in [0.25, 0.3) is 0 Å². The van der Waals surface area contributed by atoms with Gasteiger partial charge >= 0.3 is 5.97 Å². The van der Waals surface area contributed by atoms with Crippen LogP contribution in [0.3, 0.4) is 0 Å². The largest absolute Gasteiger partial charge is 0.480 e. The normalized spacial score (nSPS) is 17.0. The van der Waals surface area contributed by atoms with Crippen molar-refractivity contribution in [3.63, 3.8) is 0 Å². The maximum absolute atomic E-state index is 12.2. The number of sulfone groups is 1. The lowest BCUT2D eigenvalue weighted by Crippen LogP contribution is -2.52. The minimum Gasteiger partial charge on any atom is -0.480 e. The number of hydrogen-bond acceptors (Lipinski definition) is 4. The van der Waals surface area contributed by atoms with Gasteiger partial charge in [-0.05, 0) is 44.4 Å². The molecule has 1 aliphatic rings. The smallest absolute Gasteiger partial charge is 0.329 e. The molecule has 1 aromatic carbocycles. The molecule has 0 aliphatic heterocycles. The van der Waals surface area contributed by atoms with Gasteiger partial charge in [-0.3, -0.25) is 4.79 Å². The van der Waals surface area contributed by atoms with Crippen molar-refractivity contribution in [1.29, 1.82) is 0 Å². The Morgan fingerprint density at radius 2 is 1.71 bits per heavy atom. The molecule has 0 unspecified atom stereocenters. The molecule has 1 saturated carbocycles. The van der Waals surface area contributed by atoms with Crippen LogP contribution in [0.4, 0.5) is 0 Å². The summed E-state index contributed by atoms with van der Waals surface area (Å²) in [5.41, 5.74) is -0.508. The fourth-order valence-electron chi connectivity index (χ4n) is 2.94. The summed E-state index contributed by atoms with van der Waals surface area (Å²) in [7, 11) is -3.34. The third-order valence-electron chi connectivity index (χ3n) is 4.48. The van der Waals surface area contributed by atoms with E-state index in [9.17, 15) is 23.1 Å². The molecule has 6 nitrogen and oxygen atoms in total. The monoisotopic (exact) mass is 353 g/mol. The van der Waals surface area contributed by atoms with Gasteiger partial charge in [0.1, 0.15) is 5.54 Å². The molecule has 0 radical (unpaired) electrons. The summed E-state index contributed by atoms with van der Waals surface area (Å²) in [6.45, 7) is 3.23. The van der Waals surface area contributed by atoms with Crippen molar-refractivity contribution in [2.75, 3.05) is 0 Å². The molecule has 0 aromatic heterocycles. The fourth-order valence-corrected chi connectivity index (χ4v) is 4.00. The van der Waals surface area contributed by atoms with Crippen LogP contribution in [0.25, 0.3) is 0 Å². The topological polar surface area (TPSA) is 101 Å². The van der Waals surface area contributed by atoms with Crippen LogP contribution in [0, 0.1) is 0 Å². The standard InChI is InChI=1S/C17H23NO5S/c1-12(2)24(22,23)14-7-5-13(6-8-14)11-15(19)18-17(16(20)21)9-3-4-10-17/h5-8,12H,3-4,9-11H2,1-2H3,(H,18,19)(H,20,21). The second-order valence-electron chi connectivity index (χ2n) is 6.56. The van der Waals surface area contributed by atoms with E-state index < -0.39 is 26.6 Å². The number of carboxylic acid groups (broad SMARTS) is 1. The number of nitrogens with one attached hydrogen (secondary N) is 1. The Morgan fingerprint density at radius 3 is 2.17 bits per heavy atom. The SMILES string of the molecule is CC(C)S(=O)(=O)c1ccc(CC(=O)NC2(C(=O)O)CCCC2)cc1. The lowest BCUT2D eigenvalue weighted by atomic mass is 9.97. The molecule has 132 valence electrons. The van der Waals surface area contributed by atoms with Crippen LogP contribution in [0.1, 0.15) is 45.1 Å². The highest BCUT2D eigenvalue weighted by Gasteiger charge is 2.42. The molecule has 7 heteroatoms. The van der Waals surface area contributed by atoms with E-state index in [0.29, 0.717) is 18.4 Å². The average molecular weight is 353 g/mol. The molecular formula is C17H23NO5S. The highest BCUT2D eigenvalue weighted by molar-refractivity contribution is 7.92. The first kappa shape index (κ1) is 18.4. The van der Waals surface area contributed by atoms with Crippen LogP contribution in [-0.2, 0) is 25.8 Å². The number of amides is 1. The van der Waals surface area contributed by atoms with Gasteiger partial charge in [-0.2, -0.15) is 0 Å². The molecule has 2 N–H and O–H groups in total. The average Bonchev–Trinajstić information content (AvgIpc) is 2.97. The highest BCUT2D eigenvalue weighted by Crippen LogP contribution is 2.30. The zero-order valence-corrected chi connectivity index (χ0v) is 14.7. The third kappa shape index (κ3) is 3.77. The van der Waals surface area contributed by atoms with E-state index in [1.165, 1.54) is 12.1 Å². The van der Waals surface area contributed by atoms with E-state index in [4.69, 9.17) is 0 Å². The summed E-state index contributed by atoms with van der Waals surface area (Å²) in [4.78, 5) is 23.8. The van der Waals surface area contributed by atoms with Gasteiger partial charge in [-0.15, -0.1) is 0 Å². The second kappa shape index (κ2) is 6.93. The van der Waals surface area contributed by atoms with Gasteiger partial charge in [0, 0.05) is 0 Å². The minimum atomic E-state index is -3.34. The summed E-state index contributed by atoms with van der Waals surface area (Å²) < 4.78 is 24.1. The molecule has 1 fully saturated rings. The predicted octanol–water partition coefficient (Wildman–Crippen LogP) is 1.92. The van der Waals surface area contributed by atoms with Crippen LogP contribution >= 0.6 is 0 Å². The summed E-state index contributed by atoms with van der Waals surface area (Å²) >= 11 is 0. The predicted molar refractivity (Wildman–Crippen MR) is 89.4 cm³/mol. The van der Waals surface area contributed by atoms with Crippen molar-refractivity contribution in [2.45, 2.75) is 61.6 Å². The molecule has 0 spiro atoms. The maximum atomic E-state index is 12.2. The van der Waals surface area contributed by atoms with Gasteiger partial charge in [0.2, 0.25) is 5.91 Å². The minimum absolute atomic E-state index is 0.0248. The van der Waals surface area contributed by atoms with E-state index in [1.807, 2.05) is 0 Å². The summed E-state index contributed by atoms with van der Waals surface area (Å²) in [5.74, 6) is -1.36. The molecule has 1 amide bonds. The Hall–Kier alpha value is -1.89. The molecule has 24 heavy (non-hydrogen) atoms. The number of aliphatic carboxylic acids is 1. The molecule has 1 aromatic rings. The number of hydrogen-bond donors (Lipinski definition) is 2. The van der Waals surface area contributed by atoms with E-state index in [0.717, 1.165) is 12.8 Å². The van der Waals surface area contributed by atoms with Crippen molar-refractivity contribution in [2.24, 2.45) is 0 Å². The van der Waals surface area contributed by atoms with Crippen molar-refractivity contribution in [3.8, 4) is 0 Å². The number of carboxylic acids is 1. The van der Waals surface area contributed by atoms with Gasteiger partial charge < -0.3 is 10.4 Å². The molecule has 0 saturated heterocycles.